The second kappa shape index (κ2) is 6.96. The Hall–Kier alpha value is -2.84. The number of carboxylic acid groups (broad SMARTS) is 1. The third-order valence-corrected chi connectivity index (χ3v) is 3.26. The average molecular weight is 355 g/mol. The normalized spacial score (nSPS) is 11.6. The number of halogens is 3. The second-order valence-corrected chi connectivity index (χ2v) is 5.81. The molecule has 2 N–H and O–H groups in total. The van der Waals surface area contributed by atoms with E-state index in [0.717, 1.165) is 0 Å². The minimum absolute atomic E-state index is 0.0293. The quantitative estimate of drug-likeness (QED) is 0.859. The summed E-state index contributed by atoms with van der Waals surface area (Å²) in [6.07, 6.45) is -3.90. The van der Waals surface area contributed by atoms with E-state index in [9.17, 15) is 22.8 Å². The van der Waals surface area contributed by atoms with Crippen LogP contribution in [0.5, 0.6) is 0 Å². The van der Waals surface area contributed by atoms with E-state index in [4.69, 9.17) is 5.11 Å². The Morgan fingerprint density at radius 3 is 2.32 bits per heavy atom. The zero-order valence-corrected chi connectivity index (χ0v) is 13.5. The summed E-state index contributed by atoms with van der Waals surface area (Å²) >= 11 is 0. The maximum Gasteiger partial charge on any atom is 0.434 e. The van der Waals surface area contributed by atoms with Crippen molar-refractivity contribution in [3.05, 3.63) is 41.7 Å². The summed E-state index contributed by atoms with van der Waals surface area (Å²) in [6, 6.07) is 5.49. The molecule has 2 rings (SSSR count). The molecule has 1 heterocycles. The Balaban J connectivity index is 2.32. The molecule has 0 atom stereocenters. The molecule has 0 fully saturated rings. The number of amides is 1. The van der Waals surface area contributed by atoms with Gasteiger partial charge in [0, 0.05) is 12.1 Å². The summed E-state index contributed by atoms with van der Waals surface area (Å²) in [6.45, 7) is 3.78. The molecular weight excluding hydrogens is 339 g/mol. The van der Waals surface area contributed by atoms with Crippen LogP contribution in [0.1, 0.15) is 36.3 Å². The molecule has 0 aliphatic rings. The Morgan fingerprint density at radius 1 is 1.24 bits per heavy atom. The molecule has 0 radical (unpaired) electrons. The Labute approximate surface area is 141 Å². The first-order valence-corrected chi connectivity index (χ1v) is 7.38. The number of aromatic nitrogens is 2. The van der Waals surface area contributed by atoms with Crippen LogP contribution in [0, 0.1) is 5.92 Å². The first-order valence-electron chi connectivity index (χ1n) is 7.38. The van der Waals surface area contributed by atoms with Gasteiger partial charge in [0.25, 0.3) is 0 Å². The van der Waals surface area contributed by atoms with Crippen molar-refractivity contribution in [3.63, 3.8) is 0 Å². The number of hydrogen-bond donors (Lipinski definition) is 2. The first-order chi connectivity index (χ1) is 11.6. The van der Waals surface area contributed by atoms with Gasteiger partial charge in [-0.15, -0.1) is 0 Å². The lowest BCUT2D eigenvalue weighted by Gasteiger charge is -2.12. The van der Waals surface area contributed by atoms with Crippen LogP contribution in [-0.4, -0.2) is 26.8 Å². The van der Waals surface area contributed by atoms with E-state index >= 15 is 0 Å². The highest BCUT2D eigenvalue weighted by Gasteiger charge is 2.40. The van der Waals surface area contributed by atoms with E-state index in [1.54, 1.807) is 0 Å². The van der Waals surface area contributed by atoms with Crippen molar-refractivity contribution in [2.45, 2.75) is 26.4 Å². The van der Waals surface area contributed by atoms with Gasteiger partial charge < -0.3 is 10.4 Å². The molecule has 1 aromatic carbocycles. The van der Waals surface area contributed by atoms with Crippen molar-refractivity contribution in [2.75, 3.05) is 5.32 Å². The molecule has 25 heavy (non-hydrogen) atoms. The summed E-state index contributed by atoms with van der Waals surface area (Å²) < 4.78 is 40.1. The largest absolute Gasteiger partial charge is 0.478 e. The third-order valence-electron chi connectivity index (χ3n) is 3.26. The van der Waals surface area contributed by atoms with Gasteiger partial charge in [0.05, 0.1) is 11.9 Å². The van der Waals surface area contributed by atoms with E-state index in [-0.39, 0.29) is 17.5 Å². The number of hydrogen-bond acceptors (Lipinski definition) is 3. The average Bonchev–Trinajstić information content (AvgIpc) is 2.92. The molecule has 134 valence electrons. The summed E-state index contributed by atoms with van der Waals surface area (Å²) in [4.78, 5) is 22.7. The summed E-state index contributed by atoms with van der Waals surface area (Å²) in [5.41, 5.74) is -1.84. The van der Waals surface area contributed by atoms with Gasteiger partial charge in [-0.1, -0.05) is 13.8 Å². The van der Waals surface area contributed by atoms with Gasteiger partial charge >= 0.3 is 12.1 Å². The predicted octanol–water partition coefficient (Wildman–Crippen LogP) is 3.57. The first kappa shape index (κ1) is 18.5. The predicted molar refractivity (Wildman–Crippen MR) is 83.6 cm³/mol. The number of anilines is 1. The van der Waals surface area contributed by atoms with Gasteiger partial charge in [-0.2, -0.15) is 18.3 Å². The van der Waals surface area contributed by atoms with E-state index in [1.165, 1.54) is 24.3 Å². The van der Waals surface area contributed by atoms with Crippen molar-refractivity contribution in [1.82, 2.24) is 9.78 Å². The van der Waals surface area contributed by atoms with Crippen molar-refractivity contribution < 1.29 is 27.9 Å². The highest BCUT2D eigenvalue weighted by molar-refractivity contribution is 5.91. The van der Waals surface area contributed by atoms with Gasteiger partial charge in [-0.25, -0.2) is 9.48 Å². The number of carbonyl (C=O) groups is 2. The maximum absolute atomic E-state index is 13.2. The Kier molecular flexibility index (Phi) is 5.15. The summed E-state index contributed by atoms with van der Waals surface area (Å²) in [5.74, 6) is -1.74. The molecule has 0 spiro atoms. The van der Waals surface area contributed by atoms with Crippen molar-refractivity contribution >= 4 is 17.6 Å². The number of benzene rings is 1. The molecule has 6 nitrogen and oxygen atoms in total. The molecule has 0 saturated carbocycles. The lowest BCUT2D eigenvalue weighted by atomic mass is 10.1. The Morgan fingerprint density at radius 2 is 1.84 bits per heavy atom. The van der Waals surface area contributed by atoms with Crippen LogP contribution in [0.4, 0.5) is 18.9 Å². The lowest BCUT2D eigenvalue weighted by molar-refractivity contribution is -0.143. The molecule has 0 aliphatic carbocycles. The third kappa shape index (κ3) is 4.37. The summed E-state index contributed by atoms with van der Waals surface area (Å²) in [5, 5.41) is 15.1. The van der Waals surface area contributed by atoms with Crippen LogP contribution in [0.2, 0.25) is 0 Å². The minimum atomic E-state index is -4.88. The number of carboxylic acids is 1. The van der Waals surface area contributed by atoms with E-state index < -0.39 is 23.4 Å². The van der Waals surface area contributed by atoms with Gasteiger partial charge in [-0.05, 0) is 30.2 Å². The van der Waals surface area contributed by atoms with Gasteiger partial charge in [0.15, 0.2) is 5.69 Å². The number of nitrogens with zero attached hydrogens (tertiary/aromatic N) is 2. The molecule has 2 aromatic rings. The maximum atomic E-state index is 13.2. The Bertz CT molecular complexity index is 780. The van der Waals surface area contributed by atoms with Gasteiger partial charge in [0.1, 0.15) is 5.56 Å². The van der Waals surface area contributed by atoms with E-state index in [1.807, 2.05) is 13.8 Å². The van der Waals surface area contributed by atoms with Crippen LogP contribution in [-0.2, 0) is 11.0 Å². The highest BCUT2D eigenvalue weighted by atomic mass is 19.4. The van der Waals surface area contributed by atoms with Gasteiger partial charge in [-0.3, -0.25) is 4.79 Å². The van der Waals surface area contributed by atoms with Crippen LogP contribution in [0.25, 0.3) is 5.69 Å². The topological polar surface area (TPSA) is 84.2 Å². The number of rotatable bonds is 5. The van der Waals surface area contributed by atoms with Crippen LogP contribution >= 0.6 is 0 Å². The molecule has 0 saturated heterocycles. The standard InChI is InChI=1S/C16H16F3N3O3/c1-9(2)7-13(23)21-10-3-5-11(6-4-10)22-14(16(17,18)19)12(8-20-22)15(24)25/h3-6,8-9H,7H2,1-2H3,(H,21,23)(H,24,25). The van der Waals surface area contributed by atoms with Crippen LogP contribution in [0.15, 0.2) is 30.5 Å². The van der Waals surface area contributed by atoms with E-state index in [2.05, 4.69) is 10.4 Å². The molecule has 9 heteroatoms. The van der Waals surface area contributed by atoms with Crippen LogP contribution in [0.3, 0.4) is 0 Å². The molecule has 1 amide bonds. The number of aromatic carboxylic acids is 1. The minimum Gasteiger partial charge on any atom is -0.478 e. The SMILES string of the molecule is CC(C)CC(=O)Nc1ccc(-n2ncc(C(=O)O)c2C(F)(F)F)cc1. The fourth-order valence-corrected chi connectivity index (χ4v) is 2.24. The lowest BCUT2D eigenvalue weighted by Crippen LogP contribution is -2.17. The zero-order chi connectivity index (χ0) is 18.8. The molecule has 1 aromatic heterocycles. The zero-order valence-electron chi connectivity index (χ0n) is 13.5. The summed E-state index contributed by atoms with van der Waals surface area (Å²) in [7, 11) is 0. The molecule has 0 bridgehead atoms. The van der Waals surface area contributed by atoms with Crippen molar-refractivity contribution in [1.29, 1.82) is 0 Å². The molecule has 0 aliphatic heterocycles. The highest BCUT2D eigenvalue weighted by Crippen LogP contribution is 2.33. The van der Waals surface area contributed by atoms with Crippen LogP contribution < -0.4 is 5.32 Å². The number of alkyl halides is 3. The fourth-order valence-electron chi connectivity index (χ4n) is 2.24. The van der Waals surface area contributed by atoms with E-state index in [0.29, 0.717) is 23.0 Å². The fraction of sp³-hybridized carbons (Fsp3) is 0.312. The number of nitrogens with one attached hydrogen (secondary N) is 1. The van der Waals surface area contributed by atoms with Gasteiger partial charge in [0.2, 0.25) is 5.91 Å². The van der Waals surface area contributed by atoms with Crippen molar-refractivity contribution in [2.24, 2.45) is 5.92 Å². The smallest absolute Gasteiger partial charge is 0.434 e. The van der Waals surface area contributed by atoms with Crippen molar-refractivity contribution in [3.8, 4) is 5.69 Å². The monoisotopic (exact) mass is 355 g/mol. The second-order valence-electron chi connectivity index (χ2n) is 5.81. The molecular formula is C16H16F3N3O3. The molecule has 0 unspecified atom stereocenters. The number of carbonyl (C=O) groups excluding carboxylic acids is 1.